The van der Waals surface area contributed by atoms with E-state index in [0.29, 0.717) is 11.6 Å². The molecule has 1 saturated heterocycles. The first-order valence-electron chi connectivity index (χ1n) is 7.65. The van der Waals surface area contributed by atoms with Gasteiger partial charge in [-0.05, 0) is 47.9 Å². The van der Waals surface area contributed by atoms with E-state index in [1.54, 1.807) is 12.1 Å². The molecule has 4 rings (SSSR count). The number of hydrogen-bond acceptors (Lipinski definition) is 3. The van der Waals surface area contributed by atoms with E-state index in [1.165, 1.54) is 12.1 Å². The summed E-state index contributed by atoms with van der Waals surface area (Å²) in [5.74, 6) is 0.787. The number of rotatable bonds is 2. The molecule has 0 aliphatic carbocycles. The molecular formula is C18H16ClFN2O. The summed E-state index contributed by atoms with van der Waals surface area (Å²) < 4.78 is 13.2. The fourth-order valence-electron chi connectivity index (χ4n) is 3.49. The second-order valence-electron chi connectivity index (χ2n) is 6.05. The van der Waals surface area contributed by atoms with E-state index in [4.69, 9.17) is 16.6 Å². The van der Waals surface area contributed by atoms with Crippen LogP contribution in [0.4, 0.5) is 10.1 Å². The van der Waals surface area contributed by atoms with Gasteiger partial charge in [0.25, 0.3) is 0 Å². The molecule has 0 spiro atoms. The Hall–Kier alpha value is -1.91. The molecule has 5 heteroatoms. The van der Waals surface area contributed by atoms with Gasteiger partial charge >= 0.3 is 0 Å². The Kier molecular flexibility index (Phi) is 3.58. The highest BCUT2D eigenvalue weighted by Gasteiger charge is 2.40. The van der Waals surface area contributed by atoms with Crippen molar-refractivity contribution in [2.45, 2.75) is 24.9 Å². The third kappa shape index (κ3) is 2.52. The first kappa shape index (κ1) is 14.7. The second-order valence-corrected chi connectivity index (χ2v) is 6.48. The van der Waals surface area contributed by atoms with Gasteiger partial charge in [0.1, 0.15) is 11.7 Å². The lowest BCUT2D eigenvalue weighted by molar-refractivity contribution is 0.186. The topological polar surface area (TPSA) is 35.8 Å². The molecule has 2 heterocycles. The molecule has 3 nitrogen and oxygen atoms in total. The van der Waals surface area contributed by atoms with Crippen molar-refractivity contribution >= 4 is 23.1 Å². The minimum atomic E-state index is -0.243. The second kappa shape index (κ2) is 5.62. The van der Waals surface area contributed by atoms with Gasteiger partial charge < -0.3 is 10.0 Å². The maximum absolute atomic E-state index is 13.2. The van der Waals surface area contributed by atoms with E-state index in [9.17, 15) is 9.50 Å². The van der Waals surface area contributed by atoms with Gasteiger partial charge in [0.15, 0.2) is 0 Å². The lowest BCUT2D eigenvalue weighted by Gasteiger charge is -2.30. The molecule has 0 radical (unpaired) electrons. The summed E-state index contributed by atoms with van der Waals surface area (Å²) in [5, 5.41) is 10.4. The minimum absolute atomic E-state index is 0.0240. The molecule has 0 bridgehead atoms. The molecule has 1 N–H and O–H groups in total. The largest absolute Gasteiger partial charge is 0.394 e. The summed E-state index contributed by atoms with van der Waals surface area (Å²) in [6.45, 7) is 0.768. The van der Waals surface area contributed by atoms with Crippen molar-refractivity contribution < 1.29 is 9.50 Å². The summed E-state index contributed by atoms with van der Waals surface area (Å²) in [4.78, 5) is 6.95. The van der Waals surface area contributed by atoms with Gasteiger partial charge in [-0.25, -0.2) is 9.38 Å². The van der Waals surface area contributed by atoms with Crippen LogP contribution >= 0.6 is 11.6 Å². The Morgan fingerprint density at radius 2 is 2.00 bits per heavy atom. The smallest absolute Gasteiger partial charge is 0.123 e. The summed E-state index contributed by atoms with van der Waals surface area (Å²) >= 11 is 6.08. The third-order valence-corrected chi connectivity index (χ3v) is 4.89. The predicted molar refractivity (Wildman–Crippen MR) is 88.7 cm³/mol. The summed E-state index contributed by atoms with van der Waals surface area (Å²) in [7, 11) is 0. The Bertz CT molecular complexity index is 775. The van der Waals surface area contributed by atoms with Crippen LogP contribution in [-0.4, -0.2) is 28.5 Å². The number of amidine groups is 1. The average molecular weight is 331 g/mol. The molecule has 1 unspecified atom stereocenters. The van der Waals surface area contributed by atoms with Crippen LogP contribution < -0.4 is 0 Å². The third-order valence-electron chi connectivity index (χ3n) is 4.65. The Labute approximate surface area is 139 Å². The fraction of sp³-hybridized carbons (Fsp3) is 0.278. The van der Waals surface area contributed by atoms with Crippen LogP contribution in [0.15, 0.2) is 47.5 Å². The van der Waals surface area contributed by atoms with E-state index in [1.807, 2.05) is 18.2 Å². The lowest BCUT2D eigenvalue weighted by atomic mass is 9.95. The first-order chi connectivity index (χ1) is 11.2. The summed E-state index contributed by atoms with van der Waals surface area (Å²) in [6, 6.07) is 12.3. The molecule has 0 amide bonds. The van der Waals surface area contributed by atoms with Crippen LogP contribution in [0.25, 0.3) is 0 Å². The van der Waals surface area contributed by atoms with Crippen LogP contribution in [0, 0.1) is 5.82 Å². The first-order valence-corrected chi connectivity index (χ1v) is 8.03. The molecule has 23 heavy (non-hydrogen) atoms. The maximum Gasteiger partial charge on any atom is 0.123 e. The van der Waals surface area contributed by atoms with Crippen molar-refractivity contribution in [2.24, 2.45) is 4.99 Å². The number of aliphatic imine (C=N–C) groups is 1. The number of aliphatic hydroxyl groups excluding tert-OH is 1. The van der Waals surface area contributed by atoms with Crippen molar-refractivity contribution in [3.05, 3.63) is 64.4 Å². The Morgan fingerprint density at radius 3 is 2.74 bits per heavy atom. The molecule has 2 aliphatic rings. The predicted octanol–water partition coefficient (Wildman–Crippen LogP) is 3.87. The summed E-state index contributed by atoms with van der Waals surface area (Å²) in [5.41, 5.74) is 3.02. The van der Waals surface area contributed by atoms with Crippen molar-refractivity contribution in [2.75, 3.05) is 6.61 Å². The number of nitrogens with zero attached hydrogens (tertiary/aromatic N) is 2. The number of aliphatic hydroxyl groups is 1. The van der Waals surface area contributed by atoms with Crippen molar-refractivity contribution in [1.29, 1.82) is 0 Å². The molecule has 2 aromatic rings. The van der Waals surface area contributed by atoms with Gasteiger partial charge in [-0.15, -0.1) is 0 Å². The van der Waals surface area contributed by atoms with Crippen LogP contribution in [0.3, 0.4) is 0 Å². The number of hydrogen-bond donors (Lipinski definition) is 1. The standard InChI is InChI=1S/C18H16ClFN2O/c19-13-3-6-17-12(7-13)9-22-15(10-23)8-16(18(22)21-17)11-1-4-14(20)5-2-11/h1-7,15-16,23H,8-10H2/t15-,16?/m0/s1. The van der Waals surface area contributed by atoms with Crippen molar-refractivity contribution in [1.82, 2.24) is 4.90 Å². The molecule has 2 aromatic carbocycles. The molecule has 118 valence electrons. The van der Waals surface area contributed by atoms with Gasteiger partial charge in [0.2, 0.25) is 0 Å². The van der Waals surface area contributed by atoms with E-state index in [-0.39, 0.29) is 24.4 Å². The van der Waals surface area contributed by atoms with E-state index < -0.39 is 0 Å². The number of halogens is 2. The Balaban J connectivity index is 1.77. The molecule has 1 fully saturated rings. The van der Waals surface area contributed by atoms with E-state index in [0.717, 1.165) is 29.1 Å². The van der Waals surface area contributed by atoms with Gasteiger partial charge in [-0.1, -0.05) is 23.7 Å². The zero-order valence-electron chi connectivity index (χ0n) is 12.4. The zero-order chi connectivity index (χ0) is 16.0. The molecule has 0 aromatic heterocycles. The van der Waals surface area contributed by atoms with Crippen LogP contribution in [-0.2, 0) is 6.54 Å². The highest BCUT2D eigenvalue weighted by molar-refractivity contribution is 6.30. The van der Waals surface area contributed by atoms with Gasteiger partial charge in [-0.2, -0.15) is 0 Å². The van der Waals surface area contributed by atoms with Gasteiger partial charge in [0, 0.05) is 17.5 Å². The molecule has 2 aliphatic heterocycles. The van der Waals surface area contributed by atoms with Gasteiger partial charge in [0.05, 0.1) is 18.3 Å². The van der Waals surface area contributed by atoms with Crippen LogP contribution in [0.5, 0.6) is 0 Å². The summed E-state index contributed by atoms with van der Waals surface area (Å²) in [6.07, 6.45) is 0.780. The highest BCUT2D eigenvalue weighted by Crippen LogP contribution is 2.40. The average Bonchev–Trinajstić information content (AvgIpc) is 2.91. The number of fused-ring (bicyclic) bond motifs is 2. The van der Waals surface area contributed by atoms with E-state index >= 15 is 0 Å². The normalized spacial score (nSPS) is 22.6. The molecule has 2 atom stereocenters. The Morgan fingerprint density at radius 1 is 1.22 bits per heavy atom. The van der Waals surface area contributed by atoms with E-state index in [2.05, 4.69) is 4.90 Å². The zero-order valence-corrected chi connectivity index (χ0v) is 13.2. The monoisotopic (exact) mass is 330 g/mol. The van der Waals surface area contributed by atoms with Crippen LogP contribution in [0.2, 0.25) is 5.02 Å². The van der Waals surface area contributed by atoms with Crippen molar-refractivity contribution in [3.8, 4) is 0 Å². The quantitative estimate of drug-likeness (QED) is 0.907. The number of benzene rings is 2. The highest BCUT2D eigenvalue weighted by atomic mass is 35.5. The van der Waals surface area contributed by atoms with Crippen LogP contribution in [0.1, 0.15) is 23.5 Å². The SMILES string of the molecule is OC[C@@H]1CC(c2ccc(F)cc2)C2=Nc3ccc(Cl)cc3CN21. The fourth-order valence-corrected chi connectivity index (χ4v) is 3.69. The molecule has 0 saturated carbocycles. The molecular weight excluding hydrogens is 315 g/mol. The minimum Gasteiger partial charge on any atom is -0.394 e. The lowest BCUT2D eigenvalue weighted by Crippen LogP contribution is -2.37. The maximum atomic E-state index is 13.2. The van der Waals surface area contributed by atoms with Gasteiger partial charge in [-0.3, -0.25) is 0 Å². The van der Waals surface area contributed by atoms with Crippen molar-refractivity contribution in [3.63, 3.8) is 0 Å².